The molecule has 0 bridgehead atoms. The number of carbonyl (C=O) groups is 2. The summed E-state index contributed by atoms with van der Waals surface area (Å²) < 4.78 is 5.12. The average Bonchev–Trinajstić information content (AvgIpc) is 2.68. The second-order valence-electron chi connectivity index (χ2n) is 6.31. The lowest BCUT2D eigenvalue weighted by molar-refractivity contribution is -0.121. The Labute approximate surface area is 157 Å². The van der Waals surface area contributed by atoms with E-state index in [0.29, 0.717) is 23.7 Å². The molecule has 0 radical (unpaired) electrons. The van der Waals surface area contributed by atoms with Crippen LogP contribution in [0.3, 0.4) is 0 Å². The van der Waals surface area contributed by atoms with Gasteiger partial charge in [0.15, 0.2) is 0 Å². The van der Waals surface area contributed by atoms with E-state index >= 15 is 0 Å². The Hall–Kier alpha value is -2.53. The van der Waals surface area contributed by atoms with Gasteiger partial charge >= 0.3 is 0 Å². The Bertz CT molecular complexity index is 775. The number of methoxy groups -OCH3 is 1. The molecule has 0 spiro atoms. The number of anilines is 1. The molecule has 6 heteroatoms. The summed E-state index contributed by atoms with van der Waals surface area (Å²) in [5.74, 6) is 0.384. The fourth-order valence-electron chi connectivity index (χ4n) is 3.07. The molecule has 2 amide bonds. The van der Waals surface area contributed by atoms with Crippen LogP contribution in [-0.4, -0.2) is 36.9 Å². The Morgan fingerprint density at radius 1 is 1.12 bits per heavy atom. The lowest BCUT2D eigenvalue weighted by Gasteiger charge is -2.32. The number of piperidine rings is 1. The smallest absolute Gasteiger partial charge is 0.253 e. The summed E-state index contributed by atoms with van der Waals surface area (Å²) >= 11 is 5.88. The molecular weight excluding hydrogens is 352 g/mol. The van der Waals surface area contributed by atoms with Gasteiger partial charge in [-0.25, -0.2) is 0 Å². The predicted octanol–water partition coefficient (Wildman–Crippen LogP) is 3.84. The first-order valence-corrected chi connectivity index (χ1v) is 8.94. The standard InChI is InChI=1S/C20H21ClN2O3/c1-26-18-10-8-17(9-11-18)22-19(24)15-3-2-12-23(13-15)20(25)14-4-6-16(21)7-5-14/h4-11,15H,2-3,12-13H2,1H3,(H,22,24). The number of rotatable bonds is 4. The van der Waals surface area contributed by atoms with Gasteiger partial charge in [-0.1, -0.05) is 11.6 Å². The molecule has 2 aromatic carbocycles. The zero-order valence-electron chi connectivity index (χ0n) is 14.6. The number of benzene rings is 2. The van der Waals surface area contributed by atoms with Crippen molar-refractivity contribution in [2.45, 2.75) is 12.8 Å². The highest BCUT2D eigenvalue weighted by Gasteiger charge is 2.29. The molecule has 1 atom stereocenters. The van der Waals surface area contributed by atoms with E-state index in [-0.39, 0.29) is 17.7 Å². The fourth-order valence-corrected chi connectivity index (χ4v) is 3.20. The van der Waals surface area contributed by atoms with Crippen LogP contribution < -0.4 is 10.1 Å². The van der Waals surface area contributed by atoms with E-state index in [0.717, 1.165) is 24.3 Å². The van der Waals surface area contributed by atoms with Gasteiger partial charge in [-0.2, -0.15) is 0 Å². The number of ether oxygens (including phenoxy) is 1. The second kappa shape index (κ2) is 8.23. The van der Waals surface area contributed by atoms with Crippen molar-refractivity contribution in [1.29, 1.82) is 0 Å². The van der Waals surface area contributed by atoms with Crippen LogP contribution >= 0.6 is 11.6 Å². The molecule has 136 valence electrons. The first-order valence-electron chi connectivity index (χ1n) is 8.56. The Kier molecular flexibility index (Phi) is 5.78. The van der Waals surface area contributed by atoms with Gasteiger partial charge < -0.3 is 15.0 Å². The molecule has 1 saturated heterocycles. The van der Waals surface area contributed by atoms with Gasteiger partial charge in [0.1, 0.15) is 5.75 Å². The third-order valence-electron chi connectivity index (χ3n) is 4.53. The molecule has 2 aromatic rings. The van der Waals surface area contributed by atoms with Crippen LogP contribution in [0.4, 0.5) is 5.69 Å². The maximum atomic E-state index is 12.6. The van der Waals surface area contributed by atoms with Crippen LogP contribution in [0.15, 0.2) is 48.5 Å². The predicted molar refractivity (Wildman–Crippen MR) is 102 cm³/mol. The number of hydrogen-bond acceptors (Lipinski definition) is 3. The monoisotopic (exact) mass is 372 g/mol. The quantitative estimate of drug-likeness (QED) is 0.887. The van der Waals surface area contributed by atoms with E-state index in [9.17, 15) is 9.59 Å². The van der Waals surface area contributed by atoms with Gasteiger partial charge in [0, 0.05) is 29.4 Å². The van der Waals surface area contributed by atoms with Gasteiger partial charge in [-0.15, -0.1) is 0 Å². The number of likely N-dealkylation sites (tertiary alicyclic amines) is 1. The van der Waals surface area contributed by atoms with Crippen LogP contribution in [0.2, 0.25) is 5.02 Å². The maximum absolute atomic E-state index is 12.6. The van der Waals surface area contributed by atoms with E-state index in [2.05, 4.69) is 5.32 Å². The highest BCUT2D eigenvalue weighted by Crippen LogP contribution is 2.22. The van der Waals surface area contributed by atoms with Crippen molar-refractivity contribution in [2.75, 3.05) is 25.5 Å². The molecule has 1 aliphatic heterocycles. The van der Waals surface area contributed by atoms with Crippen molar-refractivity contribution in [3.05, 3.63) is 59.1 Å². The number of carbonyl (C=O) groups excluding carboxylic acids is 2. The molecule has 0 aromatic heterocycles. The number of nitrogens with zero attached hydrogens (tertiary/aromatic N) is 1. The normalized spacial score (nSPS) is 16.8. The number of halogens is 1. The summed E-state index contributed by atoms with van der Waals surface area (Å²) in [6.07, 6.45) is 1.58. The van der Waals surface area contributed by atoms with Gasteiger partial charge in [0.25, 0.3) is 5.91 Å². The van der Waals surface area contributed by atoms with E-state index in [1.807, 2.05) is 0 Å². The van der Waals surface area contributed by atoms with Crippen LogP contribution in [-0.2, 0) is 4.79 Å². The van der Waals surface area contributed by atoms with Crippen LogP contribution in [0, 0.1) is 5.92 Å². The van der Waals surface area contributed by atoms with Crippen molar-refractivity contribution < 1.29 is 14.3 Å². The summed E-state index contributed by atoms with van der Waals surface area (Å²) in [5.41, 5.74) is 1.31. The molecular formula is C20H21ClN2O3. The summed E-state index contributed by atoms with van der Waals surface area (Å²) in [7, 11) is 1.60. The van der Waals surface area contributed by atoms with E-state index in [4.69, 9.17) is 16.3 Å². The summed E-state index contributed by atoms with van der Waals surface area (Å²) in [5, 5.41) is 3.51. The molecule has 1 aliphatic rings. The maximum Gasteiger partial charge on any atom is 0.253 e. The minimum atomic E-state index is -0.220. The topological polar surface area (TPSA) is 58.6 Å². The molecule has 5 nitrogen and oxygen atoms in total. The average molecular weight is 373 g/mol. The minimum absolute atomic E-state index is 0.0660. The van der Waals surface area contributed by atoms with Crippen LogP contribution in [0.1, 0.15) is 23.2 Å². The van der Waals surface area contributed by atoms with Crippen molar-refractivity contribution in [3.8, 4) is 5.75 Å². The van der Waals surface area contributed by atoms with Gasteiger partial charge in [-0.05, 0) is 61.4 Å². The van der Waals surface area contributed by atoms with Gasteiger partial charge in [0.2, 0.25) is 5.91 Å². The van der Waals surface area contributed by atoms with Crippen molar-refractivity contribution in [2.24, 2.45) is 5.92 Å². The number of hydrogen-bond donors (Lipinski definition) is 1. The summed E-state index contributed by atoms with van der Waals surface area (Å²) in [6, 6.07) is 14.0. The number of amides is 2. The fraction of sp³-hybridized carbons (Fsp3) is 0.300. The first kappa shape index (κ1) is 18.3. The highest BCUT2D eigenvalue weighted by atomic mass is 35.5. The summed E-state index contributed by atoms with van der Waals surface area (Å²) in [6.45, 7) is 1.08. The largest absolute Gasteiger partial charge is 0.497 e. The van der Waals surface area contributed by atoms with Gasteiger partial charge in [0.05, 0.1) is 13.0 Å². The van der Waals surface area contributed by atoms with Crippen LogP contribution in [0.25, 0.3) is 0 Å². The zero-order valence-corrected chi connectivity index (χ0v) is 15.3. The Morgan fingerprint density at radius 2 is 1.81 bits per heavy atom. The molecule has 0 saturated carbocycles. The molecule has 1 fully saturated rings. The SMILES string of the molecule is COc1ccc(NC(=O)C2CCCN(C(=O)c3ccc(Cl)cc3)C2)cc1. The Morgan fingerprint density at radius 3 is 2.46 bits per heavy atom. The van der Waals surface area contributed by atoms with E-state index in [1.165, 1.54) is 0 Å². The lowest BCUT2D eigenvalue weighted by Crippen LogP contribution is -2.43. The zero-order chi connectivity index (χ0) is 18.5. The molecule has 0 aliphatic carbocycles. The second-order valence-corrected chi connectivity index (χ2v) is 6.75. The molecule has 26 heavy (non-hydrogen) atoms. The molecule has 1 N–H and O–H groups in total. The Balaban J connectivity index is 1.62. The van der Waals surface area contributed by atoms with Crippen molar-refractivity contribution in [1.82, 2.24) is 4.90 Å². The van der Waals surface area contributed by atoms with Gasteiger partial charge in [-0.3, -0.25) is 9.59 Å². The number of nitrogens with one attached hydrogen (secondary N) is 1. The van der Waals surface area contributed by atoms with E-state index < -0.39 is 0 Å². The highest BCUT2D eigenvalue weighted by molar-refractivity contribution is 6.30. The van der Waals surface area contributed by atoms with Crippen LogP contribution in [0.5, 0.6) is 5.75 Å². The van der Waals surface area contributed by atoms with E-state index in [1.54, 1.807) is 60.5 Å². The third kappa shape index (κ3) is 4.35. The molecule has 3 rings (SSSR count). The molecule has 1 unspecified atom stereocenters. The minimum Gasteiger partial charge on any atom is -0.497 e. The third-order valence-corrected chi connectivity index (χ3v) is 4.78. The lowest BCUT2D eigenvalue weighted by atomic mass is 9.96. The van der Waals surface area contributed by atoms with Crippen molar-refractivity contribution in [3.63, 3.8) is 0 Å². The summed E-state index contributed by atoms with van der Waals surface area (Å²) in [4.78, 5) is 27.0. The first-order chi connectivity index (χ1) is 12.6. The van der Waals surface area contributed by atoms with Crippen molar-refractivity contribution >= 4 is 29.1 Å². The molecule has 1 heterocycles.